The second kappa shape index (κ2) is 7.92. The van der Waals surface area contributed by atoms with Gasteiger partial charge in [0.05, 0.1) is 4.90 Å². The number of nitrogens with zero attached hydrogens (tertiary/aromatic N) is 1. The van der Waals surface area contributed by atoms with E-state index in [2.05, 4.69) is 15.2 Å². The number of sulfonamides is 1. The fourth-order valence-electron chi connectivity index (χ4n) is 2.19. The van der Waals surface area contributed by atoms with Crippen LogP contribution in [0, 0.1) is 6.92 Å². The van der Waals surface area contributed by atoms with Crippen molar-refractivity contribution in [2.75, 3.05) is 16.6 Å². The zero-order chi connectivity index (χ0) is 19.3. The Morgan fingerprint density at radius 2 is 1.81 bits per heavy atom. The Labute approximate surface area is 156 Å². The lowest BCUT2D eigenvalue weighted by Crippen LogP contribution is -2.20. The third-order valence-corrected chi connectivity index (χ3v) is 4.80. The van der Waals surface area contributed by atoms with Crippen molar-refractivity contribution in [3.8, 4) is 5.75 Å². The first-order valence-corrected chi connectivity index (χ1v) is 9.44. The number of anilines is 2. The number of aromatic nitrogens is 1. The standard InChI is InChI=1S/C18H17N3O5S/c1-13-11-17(20-26-13)21-27(23,24)16-9-7-14(8-10-16)19-18(22)12-25-15-5-3-2-4-6-15/h2-11H,12H2,1H3,(H,19,22)(H,20,21). The van der Waals surface area contributed by atoms with Crippen LogP contribution in [0.15, 0.2) is 70.1 Å². The van der Waals surface area contributed by atoms with E-state index in [1.807, 2.05) is 6.07 Å². The Morgan fingerprint density at radius 3 is 2.44 bits per heavy atom. The molecule has 0 aliphatic carbocycles. The molecule has 0 aliphatic rings. The van der Waals surface area contributed by atoms with Gasteiger partial charge in [-0.15, -0.1) is 0 Å². The number of ether oxygens (including phenoxy) is 1. The number of carbonyl (C=O) groups is 1. The highest BCUT2D eigenvalue weighted by Gasteiger charge is 2.16. The third kappa shape index (κ3) is 5.08. The van der Waals surface area contributed by atoms with Gasteiger partial charge < -0.3 is 14.6 Å². The predicted octanol–water partition coefficient (Wildman–Crippen LogP) is 2.80. The predicted molar refractivity (Wildman–Crippen MR) is 99.1 cm³/mol. The minimum Gasteiger partial charge on any atom is -0.484 e. The Kier molecular flexibility index (Phi) is 5.41. The number of nitrogens with one attached hydrogen (secondary N) is 2. The van der Waals surface area contributed by atoms with Gasteiger partial charge in [0.25, 0.3) is 15.9 Å². The van der Waals surface area contributed by atoms with E-state index in [0.717, 1.165) is 0 Å². The maximum Gasteiger partial charge on any atom is 0.263 e. The summed E-state index contributed by atoms with van der Waals surface area (Å²) in [5.74, 6) is 0.820. The summed E-state index contributed by atoms with van der Waals surface area (Å²) in [6.45, 7) is 1.50. The molecule has 0 unspecified atom stereocenters. The summed E-state index contributed by atoms with van der Waals surface area (Å²) in [7, 11) is -3.80. The van der Waals surface area contributed by atoms with E-state index in [0.29, 0.717) is 17.2 Å². The van der Waals surface area contributed by atoms with Crippen LogP contribution in [0.1, 0.15) is 5.76 Å². The van der Waals surface area contributed by atoms with Crippen molar-refractivity contribution in [2.45, 2.75) is 11.8 Å². The van der Waals surface area contributed by atoms with Gasteiger partial charge in [-0.25, -0.2) is 8.42 Å². The van der Waals surface area contributed by atoms with Gasteiger partial charge in [-0.2, -0.15) is 0 Å². The summed E-state index contributed by atoms with van der Waals surface area (Å²) in [6.07, 6.45) is 0. The topological polar surface area (TPSA) is 111 Å². The molecule has 1 heterocycles. The van der Waals surface area contributed by atoms with Crippen molar-refractivity contribution in [3.63, 3.8) is 0 Å². The Hall–Kier alpha value is -3.33. The minimum absolute atomic E-state index is 0.0293. The van der Waals surface area contributed by atoms with Gasteiger partial charge in [-0.05, 0) is 43.3 Å². The van der Waals surface area contributed by atoms with E-state index in [9.17, 15) is 13.2 Å². The van der Waals surface area contributed by atoms with E-state index in [1.165, 1.54) is 30.3 Å². The number of amides is 1. The molecule has 0 saturated carbocycles. The molecule has 8 nitrogen and oxygen atoms in total. The molecule has 2 N–H and O–H groups in total. The second-order valence-corrected chi connectivity index (χ2v) is 7.28. The van der Waals surface area contributed by atoms with Crippen molar-refractivity contribution in [1.82, 2.24) is 5.16 Å². The fourth-order valence-corrected chi connectivity index (χ4v) is 3.17. The smallest absolute Gasteiger partial charge is 0.263 e. The molecule has 0 atom stereocenters. The molecule has 3 rings (SSSR count). The highest BCUT2D eigenvalue weighted by Crippen LogP contribution is 2.18. The molecular weight excluding hydrogens is 370 g/mol. The first-order valence-electron chi connectivity index (χ1n) is 7.96. The van der Waals surface area contributed by atoms with Crippen molar-refractivity contribution in [3.05, 3.63) is 66.4 Å². The third-order valence-electron chi connectivity index (χ3n) is 3.43. The number of rotatable bonds is 7. The molecule has 0 radical (unpaired) electrons. The summed E-state index contributed by atoms with van der Waals surface area (Å²) in [5.41, 5.74) is 0.452. The summed E-state index contributed by atoms with van der Waals surface area (Å²) < 4.78 is 37.1. The molecule has 9 heteroatoms. The lowest BCUT2D eigenvalue weighted by Gasteiger charge is -2.09. The Bertz CT molecular complexity index is 1010. The highest BCUT2D eigenvalue weighted by molar-refractivity contribution is 7.92. The monoisotopic (exact) mass is 387 g/mol. The van der Waals surface area contributed by atoms with Gasteiger partial charge in [-0.3, -0.25) is 9.52 Å². The van der Waals surface area contributed by atoms with Crippen molar-refractivity contribution in [1.29, 1.82) is 0 Å². The van der Waals surface area contributed by atoms with Crippen LogP contribution in [0.25, 0.3) is 0 Å². The highest BCUT2D eigenvalue weighted by atomic mass is 32.2. The van der Waals surface area contributed by atoms with Crippen LogP contribution in [0.3, 0.4) is 0 Å². The lowest BCUT2D eigenvalue weighted by molar-refractivity contribution is -0.118. The molecule has 0 spiro atoms. The Morgan fingerprint density at radius 1 is 1.11 bits per heavy atom. The van der Waals surface area contributed by atoms with Gasteiger partial charge in [-0.1, -0.05) is 23.4 Å². The average Bonchev–Trinajstić information content (AvgIpc) is 3.05. The number of carbonyl (C=O) groups excluding carboxylic acids is 1. The summed E-state index contributed by atoms with van der Waals surface area (Å²) in [4.78, 5) is 12.0. The van der Waals surface area contributed by atoms with Gasteiger partial charge >= 0.3 is 0 Å². The van der Waals surface area contributed by atoms with Crippen molar-refractivity contribution >= 4 is 27.4 Å². The van der Waals surface area contributed by atoms with E-state index in [-0.39, 0.29) is 23.2 Å². The SMILES string of the molecule is Cc1cc(NS(=O)(=O)c2ccc(NC(=O)COc3ccccc3)cc2)no1. The van der Waals surface area contributed by atoms with Crippen LogP contribution in [0.5, 0.6) is 5.75 Å². The number of para-hydroxylation sites is 1. The molecule has 140 valence electrons. The van der Waals surface area contributed by atoms with E-state index in [1.54, 1.807) is 31.2 Å². The van der Waals surface area contributed by atoms with Crippen LogP contribution in [0.4, 0.5) is 11.5 Å². The fraction of sp³-hybridized carbons (Fsp3) is 0.111. The zero-order valence-electron chi connectivity index (χ0n) is 14.4. The number of benzene rings is 2. The molecule has 3 aromatic rings. The maximum absolute atomic E-state index is 12.3. The van der Waals surface area contributed by atoms with Gasteiger partial charge in [0.15, 0.2) is 12.4 Å². The number of aryl methyl sites for hydroxylation is 1. The van der Waals surface area contributed by atoms with Crippen LogP contribution in [0.2, 0.25) is 0 Å². The van der Waals surface area contributed by atoms with Crippen LogP contribution >= 0.6 is 0 Å². The minimum atomic E-state index is -3.80. The van der Waals surface area contributed by atoms with E-state index in [4.69, 9.17) is 9.26 Å². The normalized spacial score (nSPS) is 11.0. The molecular formula is C18H17N3O5S. The van der Waals surface area contributed by atoms with Gasteiger partial charge in [0.1, 0.15) is 11.5 Å². The lowest BCUT2D eigenvalue weighted by atomic mass is 10.3. The van der Waals surface area contributed by atoms with Crippen molar-refractivity contribution in [2.24, 2.45) is 0 Å². The molecule has 1 amide bonds. The molecule has 0 fully saturated rings. The molecule has 0 aliphatic heterocycles. The second-order valence-electron chi connectivity index (χ2n) is 5.60. The molecule has 0 saturated heterocycles. The Balaban J connectivity index is 1.58. The maximum atomic E-state index is 12.3. The summed E-state index contributed by atoms with van der Waals surface area (Å²) in [6, 6.07) is 16.2. The van der Waals surface area contributed by atoms with E-state index >= 15 is 0 Å². The van der Waals surface area contributed by atoms with Crippen LogP contribution in [-0.4, -0.2) is 26.1 Å². The van der Waals surface area contributed by atoms with Gasteiger partial charge in [0.2, 0.25) is 0 Å². The quantitative estimate of drug-likeness (QED) is 0.645. The van der Waals surface area contributed by atoms with Crippen LogP contribution < -0.4 is 14.8 Å². The van der Waals surface area contributed by atoms with Crippen molar-refractivity contribution < 1.29 is 22.5 Å². The molecule has 1 aromatic heterocycles. The first-order chi connectivity index (χ1) is 12.9. The summed E-state index contributed by atoms with van der Waals surface area (Å²) >= 11 is 0. The van der Waals surface area contributed by atoms with E-state index < -0.39 is 10.0 Å². The van der Waals surface area contributed by atoms with Gasteiger partial charge in [0, 0.05) is 11.8 Å². The molecule has 27 heavy (non-hydrogen) atoms. The zero-order valence-corrected chi connectivity index (χ0v) is 15.2. The average molecular weight is 387 g/mol. The van der Waals surface area contributed by atoms with Crippen LogP contribution in [-0.2, 0) is 14.8 Å². The largest absolute Gasteiger partial charge is 0.484 e. The summed E-state index contributed by atoms with van der Waals surface area (Å²) in [5, 5.41) is 6.23. The number of hydrogen-bond donors (Lipinski definition) is 2. The molecule has 0 bridgehead atoms. The molecule has 2 aromatic carbocycles. The first kappa shape index (κ1) is 18.5. The number of hydrogen-bond acceptors (Lipinski definition) is 6.